The van der Waals surface area contributed by atoms with Crippen LogP contribution in [0.25, 0.3) is 50.1 Å². The van der Waals surface area contributed by atoms with Crippen molar-refractivity contribution in [1.29, 1.82) is 0 Å². The van der Waals surface area contributed by atoms with Crippen LogP contribution in [0.3, 0.4) is 0 Å². The number of para-hydroxylation sites is 1. The largest absolute Gasteiger partial charge is 0.361 e. The number of H-pyrrole nitrogens is 4. The summed E-state index contributed by atoms with van der Waals surface area (Å²) in [5, 5.41) is 20.2. The van der Waals surface area contributed by atoms with Crippen molar-refractivity contribution in [3.05, 3.63) is 275 Å². The highest BCUT2D eigenvalue weighted by Gasteiger charge is 2.05. The Labute approximate surface area is 761 Å². The van der Waals surface area contributed by atoms with Crippen molar-refractivity contribution in [2.45, 2.75) is 290 Å². The van der Waals surface area contributed by atoms with E-state index >= 15 is 0 Å². The molecule has 0 radical (unpaired) electrons. The minimum Gasteiger partial charge on any atom is -0.361 e. The van der Waals surface area contributed by atoms with Gasteiger partial charge in [-0.3, -0.25) is 19.9 Å². The average Bonchev–Trinajstić information content (AvgIpc) is 1.57. The Morgan fingerprint density at radius 3 is 1.30 bits per heavy atom. The SMILES string of the molecule is C1CCNC1.C=C1C=CN=CN1.C=C1C=Cc2cccnc2N1.C=C1C=NC=CN1.C=C1N=CC=CN1.C=C1N=Cc2ccccc2N1.CC.CC.CC.CC.CC.CC.CC.CC.CC.CC.CC.CC.CC.CC.CC.CC.CC.CC.CC.CC.c1cc2[nH]ccc2cn1.c1cc2cc[nH]c2cn1.c1cnc2cc[nH]c2c1.c1cnc2nc[nH]c2c1. The second-order valence-electron chi connectivity index (χ2n) is 17.6. The fraction of sp³-hybridized carbons (Fsp3) is 0.423. The minimum atomic E-state index is 0.697. The van der Waals surface area contributed by atoms with Gasteiger partial charge >= 0.3 is 0 Å². The van der Waals surface area contributed by atoms with Gasteiger partial charge in [-0.2, -0.15) is 0 Å². The molecular weight excluding hydrogens is 1530 g/mol. The first-order valence-electron chi connectivity index (χ1n) is 46.4. The Morgan fingerprint density at radius 2 is 0.839 bits per heavy atom. The van der Waals surface area contributed by atoms with Crippen molar-refractivity contribution >= 4 is 86.6 Å². The van der Waals surface area contributed by atoms with E-state index in [4.69, 9.17) is 0 Å². The number of nitrogens with one attached hydrogen (secondary N) is 10. The number of fused-ring (bicyclic) bond motifs is 6. The number of imidazole rings is 1. The summed E-state index contributed by atoms with van der Waals surface area (Å²) < 4.78 is 0. The molecule has 1 fully saturated rings. The number of benzene rings is 1. The lowest BCUT2D eigenvalue weighted by atomic mass is 10.2. The van der Waals surface area contributed by atoms with E-state index in [0.717, 1.165) is 78.3 Å². The van der Waals surface area contributed by atoms with Crippen LogP contribution in [0.2, 0.25) is 0 Å². The van der Waals surface area contributed by atoms with Crippen molar-refractivity contribution in [1.82, 2.24) is 71.1 Å². The van der Waals surface area contributed by atoms with E-state index in [0.29, 0.717) is 11.6 Å². The summed E-state index contributed by atoms with van der Waals surface area (Å²) in [5.41, 5.74) is 12.0. The van der Waals surface area contributed by atoms with Crippen LogP contribution in [0.1, 0.15) is 301 Å². The highest BCUT2D eigenvalue weighted by Crippen LogP contribution is 2.21. The first kappa shape index (κ1) is 144. The second kappa shape index (κ2) is 132. The number of hydrogen-bond donors (Lipinski definition) is 10. The number of pyridine rings is 5. The van der Waals surface area contributed by atoms with Gasteiger partial charge in [0.25, 0.3) is 0 Å². The minimum absolute atomic E-state index is 0.697. The Hall–Kier alpha value is -11.6. The third-order valence-electron chi connectivity index (χ3n) is 11.4. The molecule has 0 amide bonds. The molecule has 9 aromatic heterocycles. The second-order valence-corrected chi connectivity index (χ2v) is 17.6. The van der Waals surface area contributed by atoms with Gasteiger partial charge in [0, 0.05) is 149 Å². The summed E-state index contributed by atoms with van der Waals surface area (Å²) in [4.78, 5) is 51.7. The predicted molar refractivity (Wildman–Crippen MR) is 574 cm³/mol. The van der Waals surface area contributed by atoms with E-state index in [1.165, 1.54) is 31.3 Å². The molecule has 10 aromatic rings. The number of aromatic amines is 4. The van der Waals surface area contributed by atoms with Crippen molar-refractivity contribution < 1.29 is 0 Å². The maximum absolute atomic E-state index is 4.15. The lowest BCUT2D eigenvalue weighted by Gasteiger charge is -2.12. The first-order valence-corrected chi connectivity index (χ1v) is 46.4. The number of anilines is 2. The Morgan fingerprint density at radius 1 is 0.331 bits per heavy atom. The zero-order valence-corrected chi connectivity index (χ0v) is 86.3. The summed E-state index contributed by atoms with van der Waals surface area (Å²) in [5.74, 6) is 2.28. The molecule has 0 unspecified atom stereocenters. The van der Waals surface area contributed by atoms with Crippen LogP contribution in [-0.2, 0) is 0 Å². The molecule has 0 spiro atoms. The van der Waals surface area contributed by atoms with Crippen LogP contribution in [0, 0.1) is 0 Å². The molecule has 6 aliphatic heterocycles. The van der Waals surface area contributed by atoms with Crippen LogP contribution in [0.4, 0.5) is 11.5 Å². The third kappa shape index (κ3) is 84.0. The average molecular weight is 1720 g/mol. The van der Waals surface area contributed by atoms with E-state index in [9.17, 15) is 0 Å². The van der Waals surface area contributed by atoms with E-state index in [1.54, 1.807) is 87.0 Å². The van der Waals surface area contributed by atoms with Gasteiger partial charge in [-0.15, -0.1) is 0 Å². The van der Waals surface area contributed by atoms with Crippen molar-refractivity contribution in [2.75, 3.05) is 23.7 Å². The smallest absolute Gasteiger partial charge is 0.177 e. The Bertz CT molecular complexity index is 3420. The maximum Gasteiger partial charge on any atom is 0.177 e. The molecule has 124 heavy (non-hydrogen) atoms. The Kier molecular flexibility index (Phi) is 153. The lowest BCUT2D eigenvalue weighted by molar-refractivity contribution is 0.857. The van der Waals surface area contributed by atoms with E-state index in [1.807, 2.05) is 423 Å². The molecule has 15 heterocycles. The van der Waals surface area contributed by atoms with Gasteiger partial charge in [-0.25, -0.2) is 29.9 Å². The molecule has 702 valence electrons. The number of hydrogen-bond acceptors (Lipinski definition) is 16. The molecule has 6 aliphatic rings. The molecule has 20 heteroatoms. The van der Waals surface area contributed by atoms with Crippen molar-refractivity contribution in [3.63, 3.8) is 0 Å². The molecule has 16 rings (SSSR count). The number of aliphatic imine (C=N–C) groups is 4. The van der Waals surface area contributed by atoms with Crippen molar-refractivity contribution in [2.24, 2.45) is 20.0 Å². The van der Waals surface area contributed by atoms with Crippen LogP contribution in [-0.4, -0.2) is 87.9 Å². The van der Waals surface area contributed by atoms with E-state index in [-0.39, 0.29) is 0 Å². The van der Waals surface area contributed by atoms with Crippen LogP contribution < -0.4 is 31.9 Å². The molecular formula is C104H186N20. The van der Waals surface area contributed by atoms with Gasteiger partial charge in [0.1, 0.15) is 17.5 Å². The summed E-state index contributed by atoms with van der Waals surface area (Å²) >= 11 is 0. The van der Waals surface area contributed by atoms with Crippen molar-refractivity contribution in [3.8, 4) is 0 Å². The number of rotatable bonds is 0. The molecule has 0 bridgehead atoms. The van der Waals surface area contributed by atoms with Gasteiger partial charge in [0.05, 0.1) is 40.9 Å². The number of allylic oxidation sites excluding steroid dienone is 4. The highest BCUT2D eigenvalue weighted by molar-refractivity contribution is 5.91. The number of aromatic nitrogens is 10. The fourth-order valence-electron chi connectivity index (χ4n) is 7.23. The molecule has 0 aliphatic carbocycles. The monoisotopic (exact) mass is 1720 g/mol. The molecule has 0 atom stereocenters. The summed E-state index contributed by atoms with van der Waals surface area (Å²) in [6, 6.07) is 29.6. The third-order valence-corrected chi connectivity index (χ3v) is 11.4. The van der Waals surface area contributed by atoms with Gasteiger partial charge in [0.2, 0.25) is 0 Å². The Balaban J connectivity index is -0.0000000867. The number of nitrogens with zero attached hydrogens (tertiary/aromatic N) is 10. The van der Waals surface area contributed by atoms with E-state index < -0.39 is 0 Å². The zero-order valence-electron chi connectivity index (χ0n) is 86.3. The predicted octanol–water partition coefficient (Wildman–Crippen LogP) is 32.5. The summed E-state index contributed by atoms with van der Waals surface area (Å²) in [7, 11) is 0. The van der Waals surface area contributed by atoms with Gasteiger partial charge < -0.3 is 51.8 Å². The topological polar surface area (TPSA) is 262 Å². The van der Waals surface area contributed by atoms with E-state index in [2.05, 4.69) is 135 Å². The first-order chi connectivity index (χ1) is 61.3. The lowest BCUT2D eigenvalue weighted by Crippen LogP contribution is -2.08. The molecule has 10 N–H and O–H groups in total. The van der Waals surface area contributed by atoms with Gasteiger partial charge in [-0.1, -0.05) is 328 Å². The zero-order chi connectivity index (χ0) is 98.7. The highest BCUT2D eigenvalue weighted by atomic mass is 15.1. The summed E-state index contributed by atoms with van der Waals surface area (Å²) in [6.07, 6.45) is 43.8. The molecule has 1 saturated heterocycles. The van der Waals surface area contributed by atoms with Crippen LogP contribution in [0.15, 0.2) is 284 Å². The van der Waals surface area contributed by atoms with Crippen LogP contribution in [0.5, 0.6) is 0 Å². The van der Waals surface area contributed by atoms with Gasteiger partial charge in [-0.05, 0) is 123 Å². The van der Waals surface area contributed by atoms with Gasteiger partial charge in [0.15, 0.2) is 5.65 Å². The maximum atomic E-state index is 4.15. The quantitative estimate of drug-likeness (QED) is 0.0680. The fourth-order valence-corrected chi connectivity index (χ4v) is 7.23. The molecule has 1 aromatic carbocycles. The normalized spacial score (nSPS) is 10.2. The van der Waals surface area contributed by atoms with Crippen LogP contribution >= 0.6 is 0 Å². The summed E-state index contributed by atoms with van der Waals surface area (Å²) in [6.45, 7) is 101. The standard InChI is InChI=1S/2C9H8N2.3C7H6N2.C6H5N3.3C5H6N2.C4H9N.20C2H6/c1-7-4-5-8-3-2-6-10-9(8)11-7;1-7-10-6-8-4-2-3-5-9(8)11-7;1-4-9-7-2-3-8-5-6(1)7;1-3-8-5-7-6(1)2-4-9-7;1-2-6-7(8-4-1)3-5-9-6;1-2-5-6(7-3-1)9-4-8-5;1-5-4-6-2-3-7-5;1-5-2-3-6-4-7-5;1-5-6-3-2-4-7-5;1-2-4-5-3-1;20*1-2/h2-6H,1H2,(H,10,11);2-6,11H,1H2;3*1-5,9H;1-4H,(H,7,8,9);2-4,7H,1H2;2-4H,1H2,(H,6,7);2-4,6H,1H2;5H,1-4H2;20*1-2H3. The molecule has 20 nitrogen and oxygen atoms in total. The molecule has 0 saturated carbocycles.